The predicted molar refractivity (Wildman–Crippen MR) is 70.8 cm³/mol. The number of carboxylic acids is 1. The number of carboxylic acid groups (broad SMARTS) is 1. The first-order valence-corrected chi connectivity index (χ1v) is 6.10. The van der Waals surface area contributed by atoms with Gasteiger partial charge in [0.1, 0.15) is 11.6 Å². The van der Waals surface area contributed by atoms with Crippen molar-refractivity contribution >= 4 is 5.97 Å². The molecule has 0 aliphatic heterocycles. The van der Waals surface area contributed by atoms with E-state index in [2.05, 4.69) is 4.98 Å². The molecule has 0 atom stereocenters. The van der Waals surface area contributed by atoms with Gasteiger partial charge in [-0.2, -0.15) is 0 Å². The lowest BCUT2D eigenvalue weighted by molar-refractivity contribution is -0.136. The maximum atomic E-state index is 10.7. The van der Waals surface area contributed by atoms with Gasteiger partial charge in [-0.05, 0) is 38.1 Å². The number of aliphatic carboxylic acids is 1. The second-order valence-corrected chi connectivity index (χ2v) is 4.15. The van der Waals surface area contributed by atoms with Crippen LogP contribution in [0.4, 0.5) is 0 Å². The number of rotatable bonds is 5. The van der Waals surface area contributed by atoms with E-state index >= 15 is 0 Å². The number of aryl methyl sites for hydroxylation is 1. The Bertz CT molecular complexity index is 573. The standard InChI is InChI=1S/C14H16N2O3/c1-3-19-13-6-4-12(5-7-13)16-9-11(8-14(17)18)15-10(16)2/h4-7,9H,3,8H2,1-2H3,(H,17,18). The fourth-order valence-electron chi connectivity index (χ4n) is 1.90. The van der Waals surface area contributed by atoms with Gasteiger partial charge in [-0.25, -0.2) is 4.98 Å². The highest BCUT2D eigenvalue weighted by atomic mass is 16.5. The van der Waals surface area contributed by atoms with Gasteiger partial charge in [-0.15, -0.1) is 0 Å². The summed E-state index contributed by atoms with van der Waals surface area (Å²) in [5, 5.41) is 8.77. The second kappa shape index (κ2) is 5.56. The first-order chi connectivity index (χ1) is 9.10. The van der Waals surface area contributed by atoms with Crippen LogP contribution in [0.3, 0.4) is 0 Å². The first-order valence-electron chi connectivity index (χ1n) is 6.10. The van der Waals surface area contributed by atoms with Crippen LogP contribution in [0, 0.1) is 6.92 Å². The third-order valence-corrected chi connectivity index (χ3v) is 2.69. The lowest BCUT2D eigenvalue weighted by atomic mass is 10.3. The summed E-state index contributed by atoms with van der Waals surface area (Å²) in [6.45, 7) is 4.42. The number of benzene rings is 1. The molecule has 1 aromatic carbocycles. The Balaban J connectivity index is 2.25. The zero-order chi connectivity index (χ0) is 13.8. The maximum Gasteiger partial charge on any atom is 0.309 e. The summed E-state index contributed by atoms with van der Waals surface area (Å²) >= 11 is 0. The van der Waals surface area contributed by atoms with Crippen molar-refractivity contribution in [3.05, 3.63) is 42.0 Å². The van der Waals surface area contributed by atoms with Crippen LogP contribution in [0.25, 0.3) is 5.69 Å². The molecule has 0 radical (unpaired) electrons. The fourth-order valence-corrected chi connectivity index (χ4v) is 1.90. The minimum atomic E-state index is -0.878. The molecule has 100 valence electrons. The summed E-state index contributed by atoms with van der Waals surface area (Å²) in [6, 6.07) is 7.61. The predicted octanol–water partition coefficient (Wildman–Crippen LogP) is 2.21. The van der Waals surface area contributed by atoms with E-state index in [1.807, 2.05) is 42.7 Å². The molecular formula is C14H16N2O3. The summed E-state index contributed by atoms with van der Waals surface area (Å²) in [4.78, 5) is 14.9. The molecule has 5 nitrogen and oxygen atoms in total. The second-order valence-electron chi connectivity index (χ2n) is 4.15. The lowest BCUT2D eigenvalue weighted by Gasteiger charge is -2.06. The van der Waals surface area contributed by atoms with Gasteiger partial charge >= 0.3 is 5.97 Å². The van der Waals surface area contributed by atoms with E-state index in [0.29, 0.717) is 12.3 Å². The summed E-state index contributed by atoms with van der Waals surface area (Å²) in [7, 11) is 0. The molecule has 1 N–H and O–H groups in total. The maximum absolute atomic E-state index is 10.7. The third-order valence-electron chi connectivity index (χ3n) is 2.69. The van der Waals surface area contributed by atoms with Crippen molar-refractivity contribution in [1.82, 2.24) is 9.55 Å². The Morgan fingerprint density at radius 1 is 1.37 bits per heavy atom. The highest BCUT2D eigenvalue weighted by Crippen LogP contribution is 2.17. The molecular weight excluding hydrogens is 244 g/mol. The monoisotopic (exact) mass is 260 g/mol. The van der Waals surface area contributed by atoms with Crippen LogP contribution in [0.1, 0.15) is 18.4 Å². The van der Waals surface area contributed by atoms with Crippen LogP contribution in [0.2, 0.25) is 0 Å². The Hall–Kier alpha value is -2.30. The number of carbonyl (C=O) groups is 1. The molecule has 2 aromatic rings. The molecule has 0 saturated carbocycles. The Morgan fingerprint density at radius 2 is 2.05 bits per heavy atom. The zero-order valence-electron chi connectivity index (χ0n) is 11.0. The zero-order valence-corrected chi connectivity index (χ0v) is 11.0. The molecule has 5 heteroatoms. The first kappa shape index (κ1) is 13.1. The smallest absolute Gasteiger partial charge is 0.309 e. The van der Waals surface area contributed by atoms with E-state index in [1.165, 1.54) is 0 Å². The average Bonchev–Trinajstić information content (AvgIpc) is 2.71. The van der Waals surface area contributed by atoms with Gasteiger partial charge in [-0.3, -0.25) is 4.79 Å². The number of imidazole rings is 1. The normalized spacial score (nSPS) is 10.4. The van der Waals surface area contributed by atoms with Crippen LogP contribution >= 0.6 is 0 Å². The highest BCUT2D eigenvalue weighted by molar-refractivity contribution is 5.69. The van der Waals surface area contributed by atoms with Crippen molar-refractivity contribution in [2.75, 3.05) is 6.61 Å². The largest absolute Gasteiger partial charge is 0.494 e. The summed E-state index contributed by atoms with van der Waals surface area (Å²) < 4.78 is 7.25. The van der Waals surface area contributed by atoms with Crippen molar-refractivity contribution in [2.45, 2.75) is 20.3 Å². The molecule has 0 unspecified atom stereocenters. The van der Waals surface area contributed by atoms with Crippen molar-refractivity contribution < 1.29 is 14.6 Å². The quantitative estimate of drug-likeness (QED) is 0.895. The number of aromatic nitrogens is 2. The van der Waals surface area contributed by atoms with Crippen molar-refractivity contribution in [3.8, 4) is 11.4 Å². The van der Waals surface area contributed by atoms with Crippen LogP contribution in [0.5, 0.6) is 5.75 Å². The van der Waals surface area contributed by atoms with Gasteiger partial charge < -0.3 is 14.4 Å². The van der Waals surface area contributed by atoms with E-state index in [4.69, 9.17) is 9.84 Å². The SMILES string of the molecule is CCOc1ccc(-n2cc(CC(=O)O)nc2C)cc1. The van der Waals surface area contributed by atoms with Crippen LogP contribution in [0.15, 0.2) is 30.5 Å². The Kier molecular flexibility index (Phi) is 3.85. The summed E-state index contributed by atoms with van der Waals surface area (Å²) in [5.41, 5.74) is 1.49. The molecule has 1 aromatic heterocycles. The number of nitrogens with zero attached hydrogens (tertiary/aromatic N) is 2. The Labute approximate surface area is 111 Å². The molecule has 0 fully saturated rings. The third kappa shape index (κ3) is 3.13. The molecule has 0 aliphatic rings. The molecule has 0 amide bonds. The van der Waals surface area contributed by atoms with E-state index in [9.17, 15) is 4.79 Å². The van der Waals surface area contributed by atoms with E-state index in [0.717, 1.165) is 17.3 Å². The van der Waals surface area contributed by atoms with E-state index in [-0.39, 0.29) is 6.42 Å². The van der Waals surface area contributed by atoms with Crippen LogP contribution in [-0.4, -0.2) is 27.2 Å². The molecule has 0 spiro atoms. The topological polar surface area (TPSA) is 64.3 Å². The van der Waals surface area contributed by atoms with Crippen molar-refractivity contribution in [3.63, 3.8) is 0 Å². The van der Waals surface area contributed by atoms with Gasteiger partial charge in [0.15, 0.2) is 0 Å². The van der Waals surface area contributed by atoms with Gasteiger partial charge in [0.25, 0.3) is 0 Å². The highest BCUT2D eigenvalue weighted by Gasteiger charge is 2.09. The lowest BCUT2D eigenvalue weighted by Crippen LogP contribution is -1.99. The van der Waals surface area contributed by atoms with Crippen molar-refractivity contribution in [1.29, 1.82) is 0 Å². The van der Waals surface area contributed by atoms with Crippen LogP contribution in [-0.2, 0) is 11.2 Å². The number of hydrogen-bond acceptors (Lipinski definition) is 3. The van der Waals surface area contributed by atoms with Gasteiger partial charge in [0, 0.05) is 11.9 Å². The molecule has 0 saturated heterocycles. The van der Waals surface area contributed by atoms with Crippen LogP contribution < -0.4 is 4.74 Å². The molecule has 19 heavy (non-hydrogen) atoms. The molecule has 0 aliphatic carbocycles. The minimum absolute atomic E-state index is 0.0646. The summed E-state index contributed by atoms with van der Waals surface area (Å²) in [5.74, 6) is 0.700. The Morgan fingerprint density at radius 3 is 2.63 bits per heavy atom. The fraction of sp³-hybridized carbons (Fsp3) is 0.286. The number of ether oxygens (including phenoxy) is 1. The van der Waals surface area contributed by atoms with E-state index < -0.39 is 5.97 Å². The molecule has 0 bridgehead atoms. The van der Waals surface area contributed by atoms with Gasteiger partial charge in [-0.1, -0.05) is 0 Å². The number of hydrogen-bond donors (Lipinski definition) is 1. The molecule has 2 rings (SSSR count). The minimum Gasteiger partial charge on any atom is -0.494 e. The van der Waals surface area contributed by atoms with E-state index in [1.54, 1.807) is 6.20 Å². The summed E-state index contributed by atoms with van der Waals surface area (Å²) in [6.07, 6.45) is 1.68. The molecule has 1 heterocycles. The van der Waals surface area contributed by atoms with Gasteiger partial charge in [0.05, 0.1) is 18.7 Å². The van der Waals surface area contributed by atoms with Gasteiger partial charge in [0.2, 0.25) is 0 Å². The average molecular weight is 260 g/mol. The van der Waals surface area contributed by atoms with Crippen molar-refractivity contribution in [2.24, 2.45) is 0 Å².